The molecule has 3 heterocycles. The SMILES string of the molecule is C=CCn1c(=O)c2cnc(Nc3ccc(OCCN(C)C)c(C)c3)nc2n1-c1ccc(=O)n(C(C)C)n1. The molecule has 0 unspecified atom stereocenters. The summed E-state index contributed by atoms with van der Waals surface area (Å²) in [5.74, 6) is 1.52. The molecule has 0 radical (unpaired) electrons. The quantitative estimate of drug-likeness (QED) is 0.328. The number of aryl methyl sites for hydroxylation is 1. The molecule has 0 saturated carbocycles. The molecule has 0 saturated heterocycles. The number of nitrogens with one attached hydrogen (secondary N) is 1. The first-order valence-corrected chi connectivity index (χ1v) is 12.0. The highest BCUT2D eigenvalue weighted by atomic mass is 16.5. The van der Waals surface area contributed by atoms with E-state index < -0.39 is 0 Å². The van der Waals surface area contributed by atoms with Crippen LogP contribution in [-0.2, 0) is 6.54 Å². The molecule has 0 aliphatic rings. The summed E-state index contributed by atoms with van der Waals surface area (Å²) in [6, 6.07) is 8.60. The summed E-state index contributed by atoms with van der Waals surface area (Å²) >= 11 is 0. The molecule has 4 rings (SSSR count). The number of aromatic nitrogens is 6. The van der Waals surface area contributed by atoms with Crippen molar-refractivity contribution >= 4 is 22.7 Å². The Hall–Kier alpha value is -4.25. The van der Waals surface area contributed by atoms with Crippen LogP contribution >= 0.6 is 0 Å². The van der Waals surface area contributed by atoms with Gasteiger partial charge in [-0.05, 0) is 64.7 Å². The lowest BCUT2D eigenvalue weighted by molar-refractivity contribution is 0.260. The lowest BCUT2D eigenvalue weighted by Crippen LogP contribution is -2.28. The van der Waals surface area contributed by atoms with Crippen molar-refractivity contribution in [3.8, 4) is 11.6 Å². The largest absolute Gasteiger partial charge is 0.492 e. The molecule has 3 aromatic heterocycles. The molecule has 37 heavy (non-hydrogen) atoms. The number of likely N-dealkylation sites (N-methyl/N-ethyl adjacent to an activating group) is 1. The number of benzene rings is 1. The Bertz CT molecular complexity index is 1550. The van der Waals surface area contributed by atoms with Crippen LogP contribution in [0.5, 0.6) is 5.75 Å². The molecule has 11 nitrogen and oxygen atoms in total. The summed E-state index contributed by atoms with van der Waals surface area (Å²) in [7, 11) is 4.00. The Morgan fingerprint density at radius 3 is 2.65 bits per heavy atom. The molecule has 194 valence electrons. The fraction of sp³-hybridized carbons (Fsp3) is 0.346. The molecule has 11 heteroatoms. The third-order valence-electron chi connectivity index (χ3n) is 5.72. The van der Waals surface area contributed by atoms with Crippen molar-refractivity contribution < 1.29 is 4.74 Å². The maximum Gasteiger partial charge on any atom is 0.278 e. The Kier molecular flexibility index (Phi) is 7.53. The lowest BCUT2D eigenvalue weighted by atomic mass is 10.2. The molecule has 1 N–H and O–H groups in total. The Morgan fingerprint density at radius 1 is 1.19 bits per heavy atom. The number of allylic oxidation sites excluding steroid dienone is 1. The van der Waals surface area contributed by atoms with Gasteiger partial charge in [-0.2, -0.15) is 4.98 Å². The topological polar surface area (TPSA) is 112 Å². The third-order valence-corrected chi connectivity index (χ3v) is 5.72. The number of ether oxygens (including phenoxy) is 1. The fourth-order valence-electron chi connectivity index (χ4n) is 3.86. The van der Waals surface area contributed by atoms with Gasteiger partial charge in [0.15, 0.2) is 11.5 Å². The molecular weight excluding hydrogens is 472 g/mol. The van der Waals surface area contributed by atoms with Crippen LogP contribution in [0.15, 0.2) is 58.8 Å². The van der Waals surface area contributed by atoms with Gasteiger partial charge in [-0.25, -0.2) is 19.0 Å². The van der Waals surface area contributed by atoms with E-state index in [4.69, 9.17) is 4.74 Å². The van der Waals surface area contributed by atoms with Crippen LogP contribution < -0.4 is 21.2 Å². The average Bonchev–Trinajstić information content (AvgIpc) is 3.11. The first-order chi connectivity index (χ1) is 17.7. The number of hydrogen-bond donors (Lipinski definition) is 1. The van der Waals surface area contributed by atoms with Crippen LogP contribution in [0.4, 0.5) is 11.6 Å². The van der Waals surface area contributed by atoms with Gasteiger partial charge in [0, 0.05) is 24.5 Å². The van der Waals surface area contributed by atoms with Crippen LogP contribution in [0.25, 0.3) is 16.9 Å². The lowest BCUT2D eigenvalue weighted by Gasteiger charge is -2.14. The second-order valence-corrected chi connectivity index (χ2v) is 9.24. The van der Waals surface area contributed by atoms with E-state index in [1.165, 1.54) is 21.6 Å². The van der Waals surface area contributed by atoms with E-state index in [0.29, 0.717) is 29.4 Å². The van der Waals surface area contributed by atoms with Gasteiger partial charge in [-0.3, -0.25) is 9.59 Å². The van der Waals surface area contributed by atoms with Gasteiger partial charge in [-0.15, -0.1) is 11.7 Å². The number of hydrogen-bond acceptors (Lipinski definition) is 8. The maximum atomic E-state index is 13.2. The Labute approximate surface area is 214 Å². The zero-order valence-corrected chi connectivity index (χ0v) is 21.8. The van der Waals surface area contributed by atoms with Crippen LogP contribution in [0.2, 0.25) is 0 Å². The molecule has 0 aliphatic carbocycles. The predicted octanol–water partition coefficient (Wildman–Crippen LogP) is 2.90. The summed E-state index contributed by atoms with van der Waals surface area (Å²) in [6.07, 6.45) is 3.11. The Morgan fingerprint density at radius 2 is 1.97 bits per heavy atom. The average molecular weight is 505 g/mol. The summed E-state index contributed by atoms with van der Waals surface area (Å²) in [5, 5.41) is 8.04. The summed E-state index contributed by atoms with van der Waals surface area (Å²) < 4.78 is 10.3. The standard InChI is InChI=1S/C26H32N8O3/c1-7-12-32-25(36)20-16-27-26(28-19-8-9-21(18(4)15-19)37-14-13-31(5)6)29-24(20)34(32)22-10-11-23(35)33(30-22)17(2)3/h7-11,15-17H,1,12-14H2,2-6H3,(H,27,28,29). The maximum absolute atomic E-state index is 13.2. The van der Waals surface area contributed by atoms with Crippen LogP contribution in [0.1, 0.15) is 25.5 Å². The highest BCUT2D eigenvalue weighted by molar-refractivity contribution is 5.77. The van der Waals surface area contributed by atoms with Gasteiger partial charge in [0.1, 0.15) is 17.7 Å². The van der Waals surface area contributed by atoms with E-state index in [9.17, 15) is 9.59 Å². The summed E-state index contributed by atoms with van der Waals surface area (Å²) in [5.41, 5.74) is 1.61. The van der Waals surface area contributed by atoms with Crippen LogP contribution in [0.3, 0.4) is 0 Å². The van der Waals surface area contributed by atoms with Gasteiger partial charge in [-0.1, -0.05) is 6.08 Å². The molecule has 0 aliphatic heterocycles. The van der Waals surface area contributed by atoms with Gasteiger partial charge in [0.05, 0.1) is 12.6 Å². The minimum Gasteiger partial charge on any atom is -0.492 e. The molecule has 0 spiro atoms. The molecule has 4 aromatic rings. The van der Waals surface area contributed by atoms with Gasteiger partial charge in [0.2, 0.25) is 5.95 Å². The zero-order valence-electron chi connectivity index (χ0n) is 21.8. The predicted molar refractivity (Wildman–Crippen MR) is 144 cm³/mol. The Balaban J connectivity index is 1.73. The second kappa shape index (κ2) is 10.8. The summed E-state index contributed by atoms with van der Waals surface area (Å²) in [4.78, 5) is 36.5. The molecule has 0 atom stereocenters. The highest BCUT2D eigenvalue weighted by Gasteiger charge is 2.19. The number of anilines is 2. The van der Waals surface area contributed by atoms with Gasteiger partial charge < -0.3 is 15.0 Å². The molecule has 1 aromatic carbocycles. The van der Waals surface area contributed by atoms with Crippen LogP contribution in [0, 0.1) is 6.92 Å². The number of nitrogens with zero attached hydrogens (tertiary/aromatic N) is 7. The first-order valence-electron chi connectivity index (χ1n) is 12.0. The first kappa shape index (κ1) is 25.8. The monoisotopic (exact) mass is 504 g/mol. The number of rotatable bonds is 10. The van der Waals surface area contributed by atoms with E-state index in [0.717, 1.165) is 23.5 Å². The van der Waals surface area contributed by atoms with E-state index in [-0.39, 0.29) is 23.7 Å². The molecule has 0 fully saturated rings. The minimum atomic E-state index is -0.277. The number of fused-ring (bicyclic) bond motifs is 1. The van der Waals surface area contributed by atoms with Crippen molar-refractivity contribution in [3.63, 3.8) is 0 Å². The van der Waals surface area contributed by atoms with Gasteiger partial charge >= 0.3 is 0 Å². The smallest absolute Gasteiger partial charge is 0.278 e. The van der Waals surface area contributed by atoms with E-state index in [2.05, 4.69) is 31.9 Å². The van der Waals surface area contributed by atoms with Crippen molar-refractivity contribution in [2.45, 2.75) is 33.4 Å². The molecule has 0 bridgehead atoms. The molecular formula is C26H32N8O3. The van der Waals surface area contributed by atoms with Gasteiger partial charge in [0.25, 0.3) is 11.1 Å². The second-order valence-electron chi connectivity index (χ2n) is 9.24. The highest BCUT2D eigenvalue weighted by Crippen LogP contribution is 2.24. The van der Waals surface area contributed by atoms with E-state index in [1.807, 2.05) is 53.1 Å². The van der Waals surface area contributed by atoms with Crippen molar-refractivity contribution in [3.05, 3.63) is 75.5 Å². The van der Waals surface area contributed by atoms with Crippen molar-refractivity contribution in [1.29, 1.82) is 0 Å². The normalized spacial score (nSPS) is 11.4. The van der Waals surface area contributed by atoms with E-state index >= 15 is 0 Å². The van der Waals surface area contributed by atoms with Crippen molar-refractivity contribution in [1.82, 2.24) is 34.0 Å². The third kappa shape index (κ3) is 5.46. The van der Waals surface area contributed by atoms with E-state index in [1.54, 1.807) is 16.8 Å². The fourth-order valence-corrected chi connectivity index (χ4v) is 3.86. The zero-order chi connectivity index (χ0) is 26.7. The van der Waals surface area contributed by atoms with Crippen LogP contribution in [-0.4, -0.2) is 61.3 Å². The minimum absolute atomic E-state index is 0.154. The summed E-state index contributed by atoms with van der Waals surface area (Å²) in [6.45, 7) is 11.1. The van der Waals surface area contributed by atoms with Crippen molar-refractivity contribution in [2.24, 2.45) is 0 Å². The molecule has 0 amide bonds. The van der Waals surface area contributed by atoms with Crippen molar-refractivity contribution in [2.75, 3.05) is 32.6 Å².